The third-order valence-electron chi connectivity index (χ3n) is 5.34. The van der Waals surface area contributed by atoms with E-state index in [1.165, 1.54) is 5.56 Å². The summed E-state index contributed by atoms with van der Waals surface area (Å²) in [6, 6.07) is 7.28. The van der Waals surface area contributed by atoms with Crippen molar-refractivity contribution in [3.8, 4) is 0 Å². The van der Waals surface area contributed by atoms with Crippen molar-refractivity contribution in [1.29, 1.82) is 0 Å². The van der Waals surface area contributed by atoms with E-state index in [1.807, 2.05) is 19.2 Å². The standard InChI is InChI=1S/C16H20O3.Na/c1-19-16-9-6-15(7-10-16,8-11-16)13-4-2-12(3-5-13)14(17)18;/h2-5H,6-11H2,1H3,(H,17,18);/q;+1/p-1. The molecule has 0 spiro atoms. The molecule has 0 amide bonds. The number of carbonyl (C=O) groups excluding carboxylic acids is 1. The molecule has 2 bridgehead atoms. The van der Waals surface area contributed by atoms with Crippen molar-refractivity contribution in [2.45, 2.75) is 49.5 Å². The van der Waals surface area contributed by atoms with E-state index in [0.29, 0.717) is 0 Å². The summed E-state index contributed by atoms with van der Waals surface area (Å²) in [4.78, 5) is 10.8. The molecule has 3 nitrogen and oxygen atoms in total. The SMILES string of the molecule is COC12CCC(c3ccc(C(=O)[O-])cc3)(CC1)CC2.[Na+]. The third-order valence-corrected chi connectivity index (χ3v) is 5.34. The molecule has 1 aromatic rings. The first-order valence-electron chi connectivity index (χ1n) is 6.96. The maximum absolute atomic E-state index is 10.8. The second-order valence-corrected chi connectivity index (χ2v) is 6.03. The minimum absolute atomic E-state index is 0. The van der Waals surface area contributed by atoms with Crippen LogP contribution in [0.1, 0.15) is 54.4 Å². The summed E-state index contributed by atoms with van der Waals surface area (Å²) in [5.74, 6) is -1.10. The summed E-state index contributed by atoms with van der Waals surface area (Å²) in [5, 5.41) is 10.8. The van der Waals surface area contributed by atoms with Crippen molar-refractivity contribution in [2.75, 3.05) is 7.11 Å². The minimum atomic E-state index is -1.10. The summed E-state index contributed by atoms with van der Waals surface area (Å²) in [6.07, 6.45) is 6.78. The molecule has 1 aromatic carbocycles. The van der Waals surface area contributed by atoms with Crippen LogP contribution >= 0.6 is 0 Å². The molecule has 3 aliphatic rings. The summed E-state index contributed by atoms with van der Waals surface area (Å²) in [6.45, 7) is 0. The van der Waals surface area contributed by atoms with Crippen molar-refractivity contribution < 1.29 is 44.2 Å². The smallest absolute Gasteiger partial charge is 0.545 e. The molecule has 4 heteroatoms. The zero-order chi connectivity index (χ0) is 13.5. The zero-order valence-electron chi connectivity index (χ0n) is 12.3. The molecule has 0 saturated heterocycles. The predicted molar refractivity (Wildman–Crippen MR) is 69.9 cm³/mol. The predicted octanol–water partition coefficient (Wildman–Crippen LogP) is -0.955. The third kappa shape index (κ3) is 2.57. The maximum Gasteiger partial charge on any atom is 1.00 e. The topological polar surface area (TPSA) is 49.4 Å². The van der Waals surface area contributed by atoms with Crippen LogP contribution in [0.25, 0.3) is 0 Å². The fourth-order valence-corrected chi connectivity index (χ4v) is 3.85. The average molecular weight is 282 g/mol. The van der Waals surface area contributed by atoms with Gasteiger partial charge in [0.05, 0.1) is 11.6 Å². The van der Waals surface area contributed by atoms with Crippen molar-refractivity contribution in [3.63, 3.8) is 0 Å². The van der Waals surface area contributed by atoms with Crippen LogP contribution in [0, 0.1) is 0 Å². The van der Waals surface area contributed by atoms with E-state index in [-0.39, 0.29) is 46.1 Å². The molecule has 4 rings (SSSR count). The van der Waals surface area contributed by atoms with Gasteiger partial charge in [-0.3, -0.25) is 0 Å². The van der Waals surface area contributed by atoms with E-state index >= 15 is 0 Å². The van der Waals surface area contributed by atoms with Gasteiger partial charge in [-0.15, -0.1) is 0 Å². The number of carbonyl (C=O) groups is 1. The van der Waals surface area contributed by atoms with E-state index in [4.69, 9.17) is 4.74 Å². The number of hydrogen-bond donors (Lipinski definition) is 0. The quantitative estimate of drug-likeness (QED) is 0.671. The van der Waals surface area contributed by atoms with Gasteiger partial charge in [-0.05, 0) is 55.1 Å². The molecule has 102 valence electrons. The van der Waals surface area contributed by atoms with Gasteiger partial charge in [-0.2, -0.15) is 0 Å². The Morgan fingerprint density at radius 2 is 1.55 bits per heavy atom. The summed E-state index contributed by atoms with van der Waals surface area (Å²) >= 11 is 0. The summed E-state index contributed by atoms with van der Waals surface area (Å²) in [5.41, 5.74) is 1.90. The van der Waals surface area contributed by atoms with Gasteiger partial charge in [0.1, 0.15) is 0 Å². The van der Waals surface area contributed by atoms with Gasteiger partial charge in [-0.1, -0.05) is 24.3 Å². The molecule has 3 saturated carbocycles. The minimum Gasteiger partial charge on any atom is -0.545 e. The van der Waals surface area contributed by atoms with Crippen LogP contribution in [0.5, 0.6) is 0 Å². The molecule has 0 aromatic heterocycles. The first kappa shape index (κ1) is 16.0. The van der Waals surface area contributed by atoms with E-state index in [9.17, 15) is 9.90 Å². The Morgan fingerprint density at radius 3 is 1.95 bits per heavy atom. The Kier molecular flexibility index (Phi) is 4.65. The Bertz CT molecular complexity index is 470. The molecular formula is C16H19NaO3. The molecule has 3 fully saturated rings. The first-order chi connectivity index (χ1) is 9.09. The molecule has 0 heterocycles. The van der Waals surface area contributed by atoms with Crippen LogP contribution in [0.15, 0.2) is 24.3 Å². The summed E-state index contributed by atoms with van der Waals surface area (Å²) < 4.78 is 5.71. The molecule has 0 radical (unpaired) electrons. The second-order valence-electron chi connectivity index (χ2n) is 6.03. The molecule has 0 unspecified atom stereocenters. The average Bonchev–Trinajstić information content (AvgIpc) is 2.49. The molecule has 3 aliphatic carbocycles. The molecule has 0 N–H and O–H groups in total. The van der Waals surface area contributed by atoms with Crippen LogP contribution in [0.2, 0.25) is 0 Å². The van der Waals surface area contributed by atoms with Crippen molar-refractivity contribution >= 4 is 5.97 Å². The number of carboxylic acid groups (broad SMARTS) is 1. The Balaban J connectivity index is 0.00000147. The van der Waals surface area contributed by atoms with E-state index in [2.05, 4.69) is 0 Å². The maximum atomic E-state index is 10.8. The van der Waals surface area contributed by atoms with Gasteiger partial charge in [0, 0.05) is 7.11 Å². The Hall–Kier alpha value is -0.350. The first-order valence-corrected chi connectivity index (χ1v) is 6.96. The van der Waals surface area contributed by atoms with Crippen LogP contribution in [0.4, 0.5) is 0 Å². The zero-order valence-corrected chi connectivity index (χ0v) is 14.3. The number of methoxy groups -OCH3 is 1. The van der Waals surface area contributed by atoms with Crippen LogP contribution < -0.4 is 34.7 Å². The van der Waals surface area contributed by atoms with Gasteiger partial charge in [0.15, 0.2) is 0 Å². The number of ether oxygens (including phenoxy) is 1. The van der Waals surface area contributed by atoms with Crippen LogP contribution in [-0.4, -0.2) is 18.7 Å². The Labute approximate surface area is 142 Å². The fourth-order valence-electron chi connectivity index (χ4n) is 3.85. The van der Waals surface area contributed by atoms with Crippen molar-refractivity contribution in [3.05, 3.63) is 35.4 Å². The number of benzene rings is 1. The monoisotopic (exact) mass is 282 g/mol. The van der Waals surface area contributed by atoms with Crippen molar-refractivity contribution in [2.24, 2.45) is 0 Å². The van der Waals surface area contributed by atoms with Gasteiger partial charge in [-0.25, -0.2) is 0 Å². The van der Waals surface area contributed by atoms with E-state index in [0.717, 1.165) is 38.5 Å². The Morgan fingerprint density at radius 1 is 1.05 bits per heavy atom. The number of fused-ring (bicyclic) bond motifs is 3. The van der Waals surface area contributed by atoms with Gasteiger partial charge in [0.25, 0.3) is 0 Å². The van der Waals surface area contributed by atoms with Crippen molar-refractivity contribution in [1.82, 2.24) is 0 Å². The van der Waals surface area contributed by atoms with E-state index < -0.39 is 5.97 Å². The number of hydrogen-bond acceptors (Lipinski definition) is 3. The summed E-state index contributed by atoms with van der Waals surface area (Å²) in [7, 11) is 1.83. The number of carboxylic acids is 1. The van der Waals surface area contributed by atoms with Gasteiger partial charge >= 0.3 is 29.6 Å². The second kappa shape index (κ2) is 5.80. The van der Waals surface area contributed by atoms with E-state index in [1.54, 1.807) is 12.1 Å². The number of aromatic carboxylic acids is 1. The molecule has 0 atom stereocenters. The molecule has 0 aliphatic heterocycles. The largest absolute Gasteiger partial charge is 1.00 e. The number of rotatable bonds is 3. The molecular weight excluding hydrogens is 263 g/mol. The fraction of sp³-hybridized carbons (Fsp3) is 0.562. The normalized spacial score (nSPS) is 31.6. The van der Waals surface area contributed by atoms with Gasteiger partial charge in [0.2, 0.25) is 0 Å². The van der Waals surface area contributed by atoms with Crippen LogP contribution in [-0.2, 0) is 10.2 Å². The van der Waals surface area contributed by atoms with Gasteiger partial charge < -0.3 is 14.6 Å². The molecule has 20 heavy (non-hydrogen) atoms. The van der Waals surface area contributed by atoms with Crippen LogP contribution in [0.3, 0.4) is 0 Å².